The molecule has 1 saturated heterocycles. The Bertz CT molecular complexity index is 406. The fraction of sp³-hybridized carbons (Fsp3) is 0.588. The third kappa shape index (κ3) is 5.62. The molecule has 0 saturated carbocycles. The van der Waals surface area contributed by atoms with Gasteiger partial charge in [0, 0.05) is 25.3 Å². The highest BCUT2D eigenvalue weighted by Gasteiger charge is 2.32. The van der Waals surface area contributed by atoms with Gasteiger partial charge in [-0.2, -0.15) is 0 Å². The Balaban J connectivity index is 0.000000921. The number of rotatable bonds is 2. The van der Waals surface area contributed by atoms with Crippen molar-refractivity contribution in [3.8, 4) is 5.75 Å². The average Bonchev–Trinajstić information content (AvgIpc) is 2.54. The van der Waals surface area contributed by atoms with Crippen molar-refractivity contribution in [1.29, 1.82) is 0 Å². The summed E-state index contributed by atoms with van der Waals surface area (Å²) in [5.41, 5.74) is 1.10. The van der Waals surface area contributed by atoms with Gasteiger partial charge in [0.2, 0.25) is 5.91 Å². The van der Waals surface area contributed by atoms with E-state index in [0.717, 1.165) is 17.9 Å². The van der Waals surface area contributed by atoms with Crippen molar-refractivity contribution < 1.29 is 9.90 Å². The molecule has 0 aliphatic carbocycles. The van der Waals surface area contributed by atoms with Crippen LogP contribution in [0.25, 0.3) is 0 Å². The van der Waals surface area contributed by atoms with Crippen molar-refractivity contribution in [3.63, 3.8) is 0 Å². The fourth-order valence-corrected chi connectivity index (χ4v) is 3.43. The SMILES string of the molecule is CC.CC.CC(c1ccc(O)cc1)C1SCCN(C)C1=O. The molecule has 1 heterocycles. The van der Waals surface area contributed by atoms with Crippen LogP contribution in [0.1, 0.15) is 46.1 Å². The van der Waals surface area contributed by atoms with Crippen molar-refractivity contribution in [1.82, 2.24) is 4.90 Å². The highest BCUT2D eigenvalue weighted by molar-refractivity contribution is 8.00. The van der Waals surface area contributed by atoms with Crippen LogP contribution in [0.2, 0.25) is 0 Å². The zero-order valence-electron chi connectivity index (χ0n) is 14.1. The number of hydrogen-bond acceptors (Lipinski definition) is 3. The molecule has 1 aromatic rings. The second kappa shape index (κ2) is 10.6. The standard InChI is InChI=1S/C13H17NO2S.2C2H6/c1-9(10-3-5-11(15)6-4-10)12-13(16)14(2)7-8-17-12;2*1-2/h3-6,9,12,15H,7-8H2,1-2H3;2*1-2H3. The Kier molecular flexibility index (Phi) is 9.97. The van der Waals surface area contributed by atoms with Gasteiger partial charge in [-0.05, 0) is 17.7 Å². The number of nitrogens with zero attached hydrogens (tertiary/aromatic N) is 1. The first-order valence-corrected chi connectivity index (χ1v) is 8.80. The molecule has 2 unspecified atom stereocenters. The maximum Gasteiger partial charge on any atom is 0.236 e. The molecule has 120 valence electrons. The van der Waals surface area contributed by atoms with Crippen LogP contribution < -0.4 is 0 Å². The summed E-state index contributed by atoms with van der Waals surface area (Å²) in [7, 11) is 1.86. The van der Waals surface area contributed by atoms with E-state index in [-0.39, 0.29) is 22.8 Å². The number of phenolic OH excluding ortho intramolecular Hbond substituents is 1. The lowest BCUT2D eigenvalue weighted by Gasteiger charge is -2.32. The van der Waals surface area contributed by atoms with Gasteiger partial charge in [-0.1, -0.05) is 46.8 Å². The summed E-state index contributed by atoms with van der Waals surface area (Å²) in [4.78, 5) is 13.9. The number of carbonyl (C=O) groups excluding carboxylic acids is 1. The Labute approximate surface area is 133 Å². The number of hydrogen-bond donors (Lipinski definition) is 1. The quantitative estimate of drug-likeness (QED) is 0.893. The number of aromatic hydroxyl groups is 1. The third-order valence-electron chi connectivity index (χ3n) is 3.22. The molecule has 21 heavy (non-hydrogen) atoms. The van der Waals surface area contributed by atoms with Crippen molar-refractivity contribution in [3.05, 3.63) is 29.8 Å². The Morgan fingerprint density at radius 2 is 1.71 bits per heavy atom. The van der Waals surface area contributed by atoms with Crippen molar-refractivity contribution in [2.24, 2.45) is 0 Å². The van der Waals surface area contributed by atoms with Crippen LogP contribution in [-0.2, 0) is 4.79 Å². The summed E-state index contributed by atoms with van der Waals surface area (Å²) in [5, 5.41) is 9.26. The van der Waals surface area contributed by atoms with Gasteiger partial charge < -0.3 is 10.0 Å². The third-order valence-corrected chi connectivity index (χ3v) is 4.60. The highest BCUT2D eigenvalue weighted by atomic mass is 32.2. The summed E-state index contributed by atoms with van der Waals surface area (Å²) in [6.45, 7) is 10.9. The molecule has 2 atom stereocenters. The molecule has 4 heteroatoms. The molecular weight excluding hydrogens is 282 g/mol. The maximum absolute atomic E-state index is 12.1. The molecule has 2 rings (SSSR count). The van der Waals surface area contributed by atoms with E-state index in [2.05, 4.69) is 6.92 Å². The van der Waals surface area contributed by atoms with Gasteiger partial charge in [0.15, 0.2) is 0 Å². The van der Waals surface area contributed by atoms with Crippen molar-refractivity contribution in [2.45, 2.75) is 45.8 Å². The van der Waals surface area contributed by atoms with Gasteiger partial charge >= 0.3 is 0 Å². The zero-order chi connectivity index (χ0) is 16.4. The first-order chi connectivity index (χ1) is 10.1. The predicted molar refractivity (Wildman–Crippen MR) is 93.1 cm³/mol. The second-order valence-electron chi connectivity index (χ2n) is 4.43. The molecule has 0 aromatic heterocycles. The minimum atomic E-state index is -0.00158. The number of benzene rings is 1. The van der Waals surface area contributed by atoms with Crippen LogP contribution in [0.4, 0.5) is 0 Å². The molecule has 1 N–H and O–H groups in total. The van der Waals surface area contributed by atoms with Crippen LogP contribution in [0.5, 0.6) is 5.75 Å². The summed E-state index contributed by atoms with van der Waals surface area (Å²) in [6.07, 6.45) is 0. The molecule has 0 bridgehead atoms. The highest BCUT2D eigenvalue weighted by Crippen LogP contribution is 2.32. The van der Waals surface area contributed by atoms with Crippen LogP contribution in [0.15, 0.2) is 24.3 Å². The van der Waals surface area contributed by atoms with E-state index in [1.165, 1.54) is 0 Å². The maximum atomic E-state index is 12.1. The number of thioether (sulfide) groups is 1. The summed E-state index contributed by atoms with van der Waals surface area (Å²) >= 11 is 1.73. The Morgan fingerprint density at radius 1 is 1.19 bits per heavy atom. The van der Waals surface area contributed by atoms with E-state index in [0.29, 0.717) is 0 Å². The summed E-state index contributed by atoms with van der Waals surface area (Å²) in [5.74, 6) is 1.65. The minimum absolute atomic E-state index is 0.00158. The van der Waals surface area contributed by atoms with Crippen LogP contribution >= 0.6 is 11.8 Å². The lowest BCUT2D eigenvalue weighted by atomic mass is 9.96. The molecule has 0 radical (unpaired) electrons. The average molecular weight is 311 g/mol. The van der Waals surface area contributed by atoms with Crippen molar-refractivity contribution >= 4 is 17.7 Å². The predicted octanol–water partition coefficient (Wildman–Crippen LogP) is 4.12. The van der Waals surface area contributed by atoms with E-state index >= 15 is 0 Å². The van der Waals surface area contributed by atoms with Crippen LogP contribution in [0, 0.1) is 0 Å². The lowest BCUT2D eigenvalue weighted by Crippen LogP contribution is -2.43. The monoisotopic (exact) mass is 311 g/mol. The van der Waals surface area contributed by atoms with E-state index in [1.54, 1.807) is 28.8 Å². The molecular formula is C17H29NO2S. The van der Waals surface area contributed by atoms with Crippen LogP contribution in [0.3, 0.4) is 0 Å². The molecule has 1 fully saturated rings. The smallest absolute Gasteiger partial charge is 0.236 e. The van der Waals surface area contributed by atoms with Gasteiger partial charge in [0.05, 0.1) is 5.25 Å². The fourth-order valence-electron chi connectivity index (χ4n) is 2.03. The molecule has 3 nitrogen and oxygen atoms in total. The normalized spacial score (nSPS) is 18.9. The molecule has 1 amide bonds. The van der Waals surface area contributed by atoms with E-state index in [4.69, 9.17) is 0 Å². The van der Waals surface area contributed by atoms with Gasteiger partial charge in [-0.15, -0.1) is 11.8 Å². The minimum Gasteiger partial charge on any atom is -0.508 e. The van der Waals surface area contributed by atoms with Gasteiger partial charge in [0.25, 0.3) is 0 Å². The lowest BCUT2D eigenvalue weighted by molar-refractivity contribution is -0.129. The van der Waals surface area contributed by atoms with Crippen molar-refractivity contribution in [2.75, 3.05) is 19.3 Å². The molecule has 0 spiro atoms. The van der Waals surface area contributed by atoms with Gasteiger partial charge in [0.1, 0.15) is 5.75 Å². The van der Waals surface area contributed by atoms with Crippen LogP contribution in [-0.4, -0.2) is 40.5 Å². The Morgan fingerprint density at radius 3 is 2.24 bits per heavy atom. The number of phenols is 1. The zero-order valence-corrected chi connectivity index (χ0v) is 14.9. The summed E-state index contributed by atoms with van der Waals surface area (Å²) in [6, 6.07) is 7.13. The Hall–Kier alpha value is -1.16. The van der Waals surface area contributed by atoms with Gasteiger partial charge in [-0.3, -0.25) is 4.79 Å². The second-order valence-corrected chi connectivity index (χ2v) is 5.68. The first kappa shape index (κ1) is 19.8. The summed E-state index contributed by atoms with van der Waals surface area (Å²) < 4.78 is 0. The van der Waals surface area contributed by atoms with Gasteiger partial charge in [-0.25, -0.2) is 0 Å². The van der Waals surface area contributed by atoms with E-state index in [1.807, 2.05) is 46.9 Å². The van der Waals surface area contributed by atoms with E-state index in [9.17, 15) is 9.90 Å². The molecule has 1 aliphatic rings. The molecule has 1 aromatic carbocycles. The topological polar surface area (TPSA) is 40.5 Å². The first-order valence-electron chi connectivity index (χ1n) is 7.75. The van der Waals surface area contributed by atoms with E-state index < -0.39 is 0 Å². The number of amides is 1. The largest absolute Gasteiger partial charge is 0.508 e. The number of carbonyl (C=O) groups is 1. The molecule has 1 aliphatic heterocycles.